The minimum Gasteiger partial charge on any atom is -0.445 e. The minimum atomic E-state index is 0.636. The van der Waals surface area contributed by atoms with E-state index < -0.39 is 0 Å². The first-order valence-electron chi connectivity index (χ1n) is 7.10. The molecule has 0 atom stereocenters. The Bertz CT molecular complexity index is 686. The van der Waals surface area contributed by atoms with Gasteiger partial charge in [-0.15, -0.1) is 0 Å². The number of aromatic nitrogens is 1. The third kappa shape index (κ3) is 3.31. The zero-order chi connectivity index (χ0) is 15.2. The molecule has 1 heterocycles. The van der Waals surface area contributed by atoms with E-state index in [0.717, 1.165) is 22.4 Å². The van der Waals surface area contributed by atoms with Crippen molar-refractivity contribution in [2.24, 2.45) is 0 Å². The topological polar surface area (TPSA) is 52.0 Å². The summed E-state index contributed by atoms with van der Waals surface area (Å²) in [6, 6.07) is 14.0. The molecular weight excluding hydrogens is 260 g/mol. The molecular formula is C18H20N2O. The summed E-state index contributed by atoms with van der Waals surface area (Å²) in [5, 5.41) is 0. The first kappa shape index (κ1) is 14.9. The smallest absolute Gasteiger partial charge is 0.225 e. The number of oxazole rings is 1. The van der Waals surface area contributed by atoms with Crippen molar-refractivity contribution in [3.8, 4) is 22.6 Å². The monoisotopic (exact) mass is 280 g/mol. The van der Waals surface area contributed by atoms with Gasteiger partial charge in [0.15, 0.2) is 0 Å². The third-order valence-corrected chi connectivity index (χ3v) is 3.14. The molecule has 0 spiro atoms. The second-order valence-electron chi connectivity index (χ2n) is 4.49. The molecule has 0 radical (unpaired) electrons. The lowest BCUT2D eigenvalue weighted by atomic mass is 9.98. The molecule has 0 unspecified atom stereocenters. The summed E-state index contributed by atoms with van der Waals surface area (Å²) in [5.74, 6) is 0.636. The van der Waals surface area contributed by atoms with E-state index >= 15 is 0 Å². The van der Waals surface area contributed by atoms with E-state index in [1.54, 1.807) is 12.5 Å². The van der Waals surface area contributed by atoms with E-state index in [1.165, 1.54) is 5.56 Å². The Morgan fingerprint density at radius 1 is 0.952 bits per heavy atom. The van der Waals surface area contributed by atoms with Crippen LogP contribution >= 0.6 is 0 Å². The Kier molecular flexibility index (Phi) is 4.77. The summed E-state index contributed by atoms with van der Waals surface area (Å²) in [6.45, 7) is 6.09. The van der Waals surface area contributed by atoms with Gasteiger partial charge in [0.05, 0.1) is 6.20 Å². The molecule has 2 aromatic carbocycles. The highest BCUT2D eigenvalue weighted by molar-refractivity contribution is 5.73. The van der Waals surface area contributed by atoms with E-state index in [4.69, 9.17) is 10.2 Å². The Morgan fingerprint density at radius 3 is 2.24 bits per heavy atom. The molecule has 0 bridgehead atoms. The summed E-state index contributed by atoms with van der Waals surface area (Å²) < 4.78 is 5.34. The van der Waals surface area contributed by atoms with E-state index in [9.17, 15) is 0 Å². The van der Waals surface area contributed by atoms with Crippen LogP contribution in [0.1, 0.15) is 19.4 Å². The van der Waals surface area contributed by atoms with Gasteiger partial charge in [-0.05, 0) is 47.9 Å². The van der Waals surface area contributed by atoms with Crippen LogP contribution in [0.25, 0.3) is 22.6 Å². The maximum Gasteiger partial charge on any atom is 0.225 e. The van der Waals surface area contributed by atoms with Crippen LogP contribution in [0.3, 0.4) is 0 Å². The molecule has 1 aromatic heterocycles. The third-order valence-electron chi connectivity index (χ3n) is 3.14. The average molecular weight is 280 g/mol. The number of nitrogens with zero attached hydrogens (tertiary/aromatic N) is 1. The van der Waals surface area contributed by atoms with Gasteiger partial charge in [-0.2, -0.15) is 0 Å². The zero-order valence-electron chi connectivity index (χ0n) is 12.6. The lowest BCUT2D eigenvalue weighted by Crippen LogP contribution is -1.88. The van der Waals surface area contributed by atoms with Crippen molar-refractivity contribution in [3.05, 3.63) is 60.5 Å². The van der Waals surface area contributed by atoms with Crippen molar-refractivity contribution < 1.29 is 4.42 Å². The van der Waals surface area contributed by atoms with Gasteiger partial charge in [0.1, 0.15) is 6.26 Å². The SMILES string of the molecule is CC.Cc1ccc(-c2ncco2)cc1-c1ccc(N)cc1. The predicted molar refractivity (Wildman–Crippen MR) is 87.9 cm³/mol. The highest BCUT2D eigenvalue weighted by Gasteiger charge is 2.07. The van der Waals surface area contributed by atoms with Crippen molar-refractivity contribution in [3.63, 3.8) is 0 Å². The average Bonchev–Trinajstić information content (AvgIpc) is 3.05. The summed E-state index contributed by atoms with van der Waals surface area (Å²) in [5.41, 5.74) is 11.0. The van der Waals surface area contributed by atoms with Gasteiger partial charge in [-0.3, -0.25) is 0 Å². The van der Waals surface area contributed by atoms with Gasteiger partial charge >= 0.3 is 0 Å². The van der Waals surface area contributed by atoms with Gasteiger partial charge in [-0.25, -0.2) is 4.98 Å². The summed E-state index contributed by atoms with van der Waals surface area (Å²) in [4.78, 5) is 4.18. The normalized spacial score (nSPS) is 9.86. The van der Waals surface area contributed by atoms with Crippen LogP contribution in [0, 0.1) is 6.92 Å². The molecule has 3 aromatic rings. The molecule has 21 heavy (non-hydrogen) atoms. The van der Waals surface area contributed by atoms with Crippen molar-refractivity contribution in [1.29, 1.82) is 0 Å². The van der Waals surface area contributed by atoms with Crippen molar-refractivity contribution in [1.82, 2.24) is 4.98 Å². The van der Waals surface area contributed by atoms with E-state index in [-0.39, 0.29) is 0 Å². The highest BCUT2D eigenvalue weighted by Crippen LogP contribution is 2.29. The maximum absolute atomic E-state index is 5.72. The second kappa shape index (κ2) is 6.75. The summed E-state index contributed by atoms with van der Waals surface area (Å²) in [7, 11) is 0. The molecule has 3 nitrogen and oxygen atoms in total. The van der Waals surface area contributed by atoms with E-state index in [1.807, 2.05) is 44.2 Å². The molecule has 0 saturated heterocycles. The van der Waals surface area contributed by atoms with Crippen LogP contribution in [0.15, 0.2) is 59.3 Å². The standard InChI is InChI=1S/C16H14N2O.C2H6/c1-11-2-3-13(16-18-8-9-19-16)10-15(11)12-4-6-14(17)7-5-12;1-2/h2-10H,17H2,1H3;1-2H3. The second-order valence-corrected chi connectivity index (χ2v) is 4.49. The van der Waals surface area contributed by atoms with Gasteiger partial charge in [-0.1, -0.05) is 32.0 Å². The van der Waals surface area contributed by atoms with Gasteiger partial charge < -0.3 is 10.2 Å². The number of aryl methyl sites for hydroxylation is 1. The number of anilines is 1. The van der Waals surface area contributed by atoms with Crippen LogP contribution in [0.5, 0.6) is 0 Å². The number of benzene rings is 2. The number of rotatable bonds is 2. The van der Waals surface area contributed by atoms with Crippen LogP contribution < -0.4 is 5.73 Å². The highest BCUT2D eigenvalue weighted by atomic mass is 16.3. The predicted octanol–water partition coefficient (Wildman–Crippen LogP) is 4.93. The van der Waals surface area contributed by atoms with E-state index in [0.29, 0.717) is 5.89 Å². The van der Waals surface area contributed by atoms with Crippen molar-refractivity contribution in [2.75, 3.05) is 5.73 Å². The Labute approximate surface area is 125 Å². The zero-order valence-corrected chi connectivity index (χ0v) is 12.6. The van der Waals surface area contributed by atoms with Crippen LogP contribution in [0.4, 0.5) is 5.69 Å². The summed E-state index contributed by atoms with van der Waals surface area (Å²) >= 11 is 0. The lowest BCUT2D eigenvalue weighted by Gasteiger charge is -2.08. The first-order chi connectivity index (χ1) is 10.2. The maximum atomic E-state index is 5.72. The fraction of sp³-hybridized carbons (Fsp3) is 0.167. The van der Waals surface area contributed by atoms with E-state index in [2.05, 4.69) is 24.0 Å². The Balaban J connectivity index is 0.000000774. The van der Waals surface area contributed by atoms with Crippen LogP contribution in [-0.2, 0) is 0 Å². The molecule has 0 aliphatic heterocycles. The Morgan fingerprint density at radius 2 is 1.62 bits per heavy atom. The number of nitrogen functional groups attached to an aromatic ring is 1. The molecule has 3 heteroatoms. The van der Waals surface area contributed by atoms with Gasteiger partial charge in [0.2, 0.25) is 5.89 Å². The number of hydrogen-bond donors (Lipinski definition) is 1. The molecule has 2 N–H and O–H groups in total. The fourth-order valence-electron chi connectivity index (χ4n) is 2.09. The van der Waals surface area contributed by atoms with Crippen LogP contribution in [0.2, 0.25) is 0 Å². The number of hydrogen-bond acceptors (Lipinski definition) is 3. The van der Waals surface area contributed by atoms with Gasteiger partial charge in [0.25, 0.3) is 0 Å². The van der Waals surface area contributed by atoms with Gasteiger partial charge in [0, 0.05) is 11.3 Å². The Hall–Kier alpha value is -2.55. The van der Waals surface area contributed by atoms with Crippen LogP contribution in [-0.4, -0.2) is 4.98 Å². The molecule has 0 aliphatic rings. The quantitative estimate of drug-likeness (QED) is 0.677. The first-order valence-corrected chi connectivity index (χ1v) is 7.10. The molecule has 3 rings (SSSR count). The number of nitrogens with two attached hydrogens (primary N) is 1. The molecule has 0 fully saturated rings. The van der Waals surface area contributed by atoms with Crippen molar-refractivity contribution in [2.45, 2.75) is 20.8 Å². The molecule has 0 saturated carbocycles. The fourth-order valence-corrected chi connectivity index (χ4v) is 2.09. The van der Waals surface area contributed by atoms with Crippen molar-refractivity contribution >= 4 is 5.69 Å². The molecule has 0 aliphatic carbocycles. The lowest BCUT2D eigenvalue weighted by molar-refractivity contribution is 0.574. The molecule has 108 valence electrons. The largest absolute Gasteiger partial charge is 0.445 e. The molecule has 0 amide bonds. The minimum absolute atomic E-state index is 0.636. The summed E-state index contributed by atoms with van der Waals surface area (Å²) in [6.07, 6.45) is 3.23.